The summed E-state index contributed by atoms with van der Waals surface area (Å²) in [6, 6.07) is 8.48. The molecule has 0 aromatic heterocycles. The average Bonchev–Trinajstić information content (AvgIpc) is 2.86. The van der Waals surface area contributed by atoms with Crippen LogP contribution in [0.5, 0.6) is 0 Å². The van der Waals surface area contributed by atoms with Crippen molar-refractivity contribution in [2.75, 3.05) is 6.61 Å². The minimum absolute atomic E-state index is 0.0171. The molecule has 112 valence electrons. The third-order valence-electron chi connectivity index (χ3n) is 3.26. The van der Waals surface area contributed by atoms with Crippen LogP contribution in [0.3, 0.4) is 0 Å². The number of benzene rings is 1. The van der Waals surface area contributed by atoms with Gasteiger partial charge in [-0.15, -0.1) is 0 Å². The van der Waals surface area contributed by atoms with Gasteiger partial charge in [0.05, 0.1) is 0 Å². The predicted molar refractivity (Wildman–Crippen MR) is 75.3 cm³/mol. The molecule has 0 aliphatic carbocycles. The van der Waals surface area contributed by atoms with Crippen LogP contribution in [0.4, 0.5) is 4.79 Å². The van der Waals surface area contributed by atoms with Crippen LogP contribution in [0, 0.1) is 0 Å². The number of aliphatic carboxylic acids is 1. The minimum Gasteiger partial charge on any atom is -0.480 e. The zero-order chi connectivity index (χ0) is 15.2. The Kier molecular flexibility index (Phi) is 4.94. The molecule has 1 saturated heterocycles. The molecule has 1 fully saturated rings. The number of carbonyl (C=O) groups is 2. The van der Waals surface area contributed by atoms with Crippen molar-refractivity contribution in [1.29, 1.82) is 0 Å². The van der Waals surface area contributed by atoms with E-state index in [9.17, 15) is 14.7 Å². The van der Waals surface area contributed by atoms with Crippen LogP contribution in [0.2, 0.25) is 0 Å². The summed E-state index contributed by atoms with van der Waals surface area (Å²) >= 11 is 0. The van der Waals surface area contributed by atoms with Gasteiger partial charge in [-0.1, -0.05) is 36.4 Å². The first-order chi connectivity index (χ1) is 10.1. The molecule has 1 amide bonds. The highest BCUT2D eigenvalue weighted by Crippen LogP contribution is 2.23. The summed E-state index contributed by atoms with van der Waals surface area (Å²) in [7, 11) is 0. The van der Waals surface area contributed by atoms with E-state index in [2.05, 4.69) is 0 Å². The Morgan fingerprint density at radius 3 is 2.67 bits per heavy atom. The number of nitrogens with zero attached hydrogens (tertiary/aromatic N) is 1. The van der Waals surface area contributed by atoms with Gasteiger partial charge < -0.3 is 14.9 Å². The zero-order valence-electron chi connectivity index (χ0n) is 11.4. The van der Waals surface area contributed by atoms with E-state index >= 15 is 0 Å². The molecule has 1 heterocycles. The highest BCUT2D eigenvalue weighted by atomic mass is 16.6. The van der Waals surface area contributed by atoms with Gasteiger partial charge in [0, 0.05) is 0 Å². The number of rotatable bonds is 4. The van der Waals surface area contributed by atoms with Gasteiger partial charge in [-0.2, -0.15) is 0 Å². The Morgan fingerprint density at radius 2 is 2.00 bits per heavy atom. The van der Waals surface area contributed by atoms with E-state index < -0.39 is 24.3 Å². The topological polar surface area (TPSA) is 87.1 Å². The molecule has 0 radical (unpaired) electrons. The maximum absolute atomic E-state index is 11.8. The molecule has 0 bridgehead atoms. The van der Waals surface area contributed by atoms with Gasteiger partial charge in [0.1, 0.15) is 18.9 Å². The van der Waals surface area contributed by atoms with Crippen LogP contribution in [-0.2, 0) is 9.53 Å². The summed E-state index contributed by atoms with van der Waals surface area (Å²) in [5.41, 5.74) is 0.971. The number of amides is 1. The molecule has 2 N–H and O–H groups in total. The Morgan fingerprint density at radius 1 is 1.29 bits per heavy atom. The fraction of sp³-hybridized carbons (Fsp3) is 0.333. The lowest BCUT2D eigenvalue weighted by Crippen LogP contribution is -2.45. The third kappa shape index (κ3) is 3.82. The quantitative estimate of drug-likeness (QED) is 0.881. The van der Waals surface area contributed by atoms with E-state index in [4.69, 9.17) is 9.84 Å². The smallest absolute Gasteiger partial charge is 0.412 e. The van der Waals surface area contributed by atoms with Crippen molar-refractivity contribution in [2.24, 2.45) is 0 Å². The Bertz CT molecular complexity index is 528. The lowest BCUT2D eigenvalue weighted by Gasteiger charge is -2.23. The number of carboxylic acids is 1. The van der Waals surface area contributed by atoms with Crippen molar-refractivity contribution >= 4 is 18.1 Å². The second-order valence-corrected chi connectivity index (χ2v) is 4.71. The molecule has 1 aromatic carbocycles. The molecule has 0 spiro atoms. The van der Waals surface area contributed by atoms with Crippen molar-refractivity contribution in [2.45, 2.75) is 25.1 Å². The van der Waals surface area contributed by atoms with Crippen molar-refractivity contribution in [3.05, 3.63) is 42.0 Å². The SMILES string of the molecule is O=C(O)C1CCC(O)N1C(=O)OCC=Cc1ccccc1. The van der Waals surface area contributed by atoms with E-state index in [1.165, 1.54) is 0 Å². The van der Waals surface area contributed by atoms with Gasteiger partial charge in [-0.3, -0.25) is 4.90 Å². The molecule has 6 heteroatoms. The summed E-state index contributed by atoms with van der Waals surface area (Å²) in [5, 5.41) is 18.7. The molecule has 1 aromatic rings. The fourth-order valence-electron chi connectivity index (χ4n) is 2.23. The first-order valence-corrected chi connectivity index (χ1v) is 6.67. The van der Waals surface area contributed by atoms with Gasteiger partial charge in [0.15, 0.2) is 0 Å². The maximum Gasteiger partial charge on any atom is 0.412 e. The van der Waals surface area contributed by atoms with E-state index in [0.717, 1.165) is 10.5 Å². The molecule has 1 aliphatic heterocycles. The first kappa shape index (κ1) is 15.1. The van der Waals surface area contributed by atoms with E-state index in [-0.39, 0.29) is 19.4 Å². The Balaban J connectivity index is 1.86. The predicted octanol–water partition coefficient (Wildman–Crippen LogP) is 1.70. The fourth-order valence-corrected chi connectivity index (χ4v) is 2.23. The second-order valence-electron chi connectivity index (χ2n) is 4.71. The lowest BCUT2D eigenvalue weighted by molar-refractivity contribution is -0.143. The largest absolute Gasteiger partial charge is 0.480 e. The van der Waals surface area contributed by atoms with E-state index in [1.807, 2.05) is 30.3 Å². The molecule has 2 unspecified atom stereocenters. The van der Waals surface area contributed by atoms with Crippen molar-refractivity contribution in [3.8, 4) is 0 Å². The molecule has 2 rings (SSSR count). The average molecular weight is 291 g/mol. The zero-order valence-corrected chi connectivity index (χ0v) is 11.4. The minimum atomic E-state index is -1.14. The van der Waals surface area contributed by atoms with Crippen LogP contribution in [-0.4, -0.2) is 46.1 Å². The Labute approximate surface area is 122 Å². The standard InChI is InChI=1S/C15H17NO5/c17-13-9-8-12(14(18)19)16(13)15(20)21-10-4-7-11-5-2-1-3-6-11/h1-7,12-13,17H,8-10H2,(H,18,19). The molecular weight excluding hydrogens is 274 g/mol. The summed E-state index contributed by atoms with van der Waals surface area (Å²) in [4.78, 5) is 23.7. The van der Waals surface area contributed by atoms with Crippen LogP contribution < -0.4 is 0 Å². The van der Waals surface area contributed by atoms with Gasteiger partial charge in [0.25, 0.3) is 0 Å². The summed E-state index contributed by atoms with van der Waals surface area (Å²) in [5.74, 6) is -1.14. The second kappa shape index (κ2) is 6.90. The van der Waals surface area contributed by atoms with Crippen molar-refractivity contribution in [3.63, 3.8) is 0 Å². The van der Waals surface area contributed by atoms with Gasteiger partial charge in [0.2, 0.25) is 0 Å². The number of aliphatic hydroxyl groups excluding tert-OH is 1. The molecule has 21 heavy (non-hydrogen) atoms. The van der Waals surface area contributed by atoms with E-state index in [0.29, 0.717) is 0 Å². The number of ether oxygens (including phenoxy) is 1. The molecule has 2 atom stereocenters. The van der Waals surface area contributed by atoms with Gasteiger partial charge >= 0.3 is 12.1 Å². The lowest BCUT2D eigenvalue weighted by atomic mass is 10.2. The monoisotopic (exact) mass is 291 g/mol. The van der Waals surface area contributed by atoms with Crippen LogP contribution in [0.15, 0.2) is 36.4 Å². The van der Waals surface area contributed by atoms with Crippen molar-refractivity contribution in [1.82, 2.24) is 4.90 Å². The summed E-state index contributed by atoms with van der Waals surface area (Å²) in [6.07, 6.45) is 2.01. The van der Waals surface area contributed by atoms with Crippen molar-refractivity contribution < 1.29 is 24.5 Å². The van der Waals surface area contributed by atoms with Crippen LogP contribution in [0.1, 0.15) is 18.4 Å². The highest BCUT2D eigenvalue weighted by molar-refractivity contribution is 5.80. The summed E-state index contributed by atoms with van der Waals surface area (Å²) in [6.45, 7) is 0.0171. The van der Waals surface area contributed by atoms with Crippen LogP contribution in [0.25, 0.3) is 6.08 Å². The Hall–Kier alpha value is -2.34. The molecule has 6 nitrogen and oxygen atoms in total. The third-order valence-corrected chi connectivity index (χ3v) is 3.26. The number of carboxylic acid groups (broad SMARTS) is 1. The van der Waals surface area contributed by atoms with Crippen LogP contribution >= 0.6 is 0 Å². The number of hydrogen-bond donors (Lipinski definition) is 2. The van der Waals surface area contributed by atoms with Gasteiger partial charge in [-0.25, -0.2) is 9.59 Å². The number of aliphatic hydroxyl groups is 1. The first-order valence-electron chi connectivity index (χ1n) is 6.67. The van der Waals surface area contributed by atoms with E-state index in [1.54, 1.807) is 12.2 Å². The molecule has 0 saturated carbocycles. The van der Waals surface area contributed by atoms with Gasteiger partial charge in [-0.05, 0) is 24.5 Å². The summed E-state index contributed by atoms with van der Waals surface area (Å²) < 4.78 is 4.98. The maximum atomic E-state index is 11.8. The molecule has 1 aliphatic rings. The number of likely N-dealkylation sites (tertiary alicyclic amines) is 1. The number of hydrogen-bond acceptors (Lipinski definition) is 4. The normalized spacial score (nSPS) is 21.7. The number of carbonyl (C=O) groups excluding carboxylic acids is 1. The highest BCUT2D eigenvalue weighted by Gasteiger charge is 2.41. The molecular formula is C15H17NO5.